The molecule has 0 spiro atoms. The molecule has 0 aromatic heterocycles. The third-order valence-electron chi connectivity index (χ3n) is 5.45. The summed E-state index contributed by atoms with van der Waals surface area (Å²) in [7, 11) is 0. The number of aliphatic carboxylic acids is 1. The first-order valence-electron chi connectivity index (χ1n) is 7.50. The molecule has 3 heteroatoms. The Balaban J connectivity index is 2.34. The van der Waals surface area contributed by atoms with Gasteiger partial charge in [-0.25, -0.2) is 0 Å². The first-order valence-corrected chi connectivity index (χ1v) is 7.50. The van der Waals surface area contributed by atoms with E-state index in [0.29, 0.717) is 6.42 Å². The van der Waals surface area contributed by atoms with Crippen molar-refractivity contribution < 1.29 is 14.7 Å². The largest absolute Gasteiger partial charge is 0.481 e. The van der Waals surface area contributed by atoms with E-state index in [2.05, 4.69) is 0 Å². The highest BCUT2D eigenvalue weighted by Crippen LogP contribution is 2.51. The molecule has 1 aromatic rings. The molecule has 0 unspecified atom stereocenters. The maximum Gasteiger partial charge on any atom is 0.307 e. The van der Waals surface area contributed by atoms with Gasteiger partial charge in [0, 0.05) is 11.5 Å². The highest BCUT2D eigenvalue weighted by molar-refractivity contribution is 6.00. The third-order valence-corrected chi connectivity index (χ3v) is 5.45. The lowest BCUT2D eigenvalue weighted by atomic mass is 9.74. The Bertz CT molecular complexity index is 586. The van der Waals surface area contributed by atoms with E-state index >= 15 is 0 Å². The molecule has 3 nitrogen and oxygen atoms in total. The highest BCUT2D eigenvalue weighted by Gasteiger charge is 2.52. The van der Waals surface area contributed by atoms with Crippen molar-refractivity contribution in [1.29, 1.82) is 0 Å². The first kappa shape index (κ1) is 15.7. The van der Waals surface area contributed by atoms with Crippen LogP contribution in [0.5, 0.6) is 0 Å². The summed E-state index contributed by atoms with van der Waals surface area (Å²) in [6.07, 6.45) is 0.440. The van der Waals surface area contributed by atoms with Gasteiger partial charge in [0.05, 0.1) is 5.92 Å². The Morgan fingerprint density at radius 2 is 1.86 bits per heavy atom. The molecule has 1 aliphatic carbocycles. The fourth-order valence-electron chi connectivity index (χ4n) is 3.64. The van der Waals surface area contributed by atoms with Crippen LogP contribution in [0.1, 0.15) is 48.7 Å². The zero-order valence-electron chi connectivity index (χ0n) is 13.4. The van der Waals surface area contributed by atoms with Crippen LogP contribution < -0.4 is 0 Å². The summed E-state index contributed by atoms with van der Waals surface area (Å²) in [6, 6.07) is 5.83. The van der Waals surface area contributed by atoms with Crippen molar-refractivity contribution in [3.8, 4) is 0 Å². The van der Waals surface area contributed by atoms with E-state index in [1.807, 2.05) is 52.8 Å². The zero-order valence-corrected chi connectivity index (χ0v) is 13.4. The Hall–Kier alpha value is -1.64. The first-order chi connectivity index (χ1) is 9.66. The number of carboxylic acids is 1. The van der Waals surface area contributed by atoms with Gasteiger partial charge in [0.15, 0.2) is 5.78 Å². The van der Waals surface area contributed by atoms with Crippen molar-refractivity contribution in [2.45, 2.75) is 41.0 Å². The van der Waals surface area contributed by atoms with Gasteiger partial charge in [-0.1, -0.05) is 44.5 Å². The summed E-state index contributed by atoms with van der Waals surface area (Å²) in [5, 5.41) is 9.42. The molecule has 1 fully saturated rings. The molecule has 2 rings (SSSR count). The average Bonchev–Trinajstić information content (AvgIpc) is 2.60. The molecule has 3 atom stereocenters. The van der Waals surface area contributed by atoms with Crippen LogP contribution >= 0.6 is 0 Å². The quantitative estimate of drug-likeness (QED) is 0.859. The maximum absolute atomic E-state index is 12.9. The SMILES string of the molecule is Cc1ccc(C(=O)[C@@H]2C[C@H](C(=O)O)C(C)(C)[C@@H]2C)c(C)c1. The predicted molar refractivity (Wildman–Crippen MR) is 82.4 cm³/mol. The van der Waals surface area contributed by atoms with Crippen LogP contribution in [-0.4, -0.2) is 16.9 Å². The van der Waals surface area contributed by atoms with Crippen molar-refractivity contribution in [1.82, 2.24) is 0 Å². The van der Waals surface area contributed by atoms with Crippen LogP contribution in [0.25, 0.3) is 0 Å². The second kappa shape index (κ2) is 5.28. The number of hydrogen-bond donors (Lipinski definition) is 1. The van der Waals surface area contributed by atoms with Crippen LogP contribution in [0.4, 0.5) is 0 Å². The van der Waals surface area contributed by atoms with Gasteiger partial charge >= 0.3 is 5.97 Å². The lowest BCUT2D eigenvalue weighted by molar-refractivity contribution is -0.145. The topological polar surface area (TPSA) is 54.4 Å². The number of rotatable bonds is 3. The van der Waals surface area contributed by atoms with E-state index in [-0.39, 0.29) is 23.0 Å². The molecule has 0 heterocycles. The van der Waals surface area contributed by atoms with Crippen molar-refractivity contribution in [2.24, 2.45) is 23.2 Å². The summed E-state index contributed by atoms with van der Waals surface area (Å²) in [5.41, 5.74) is 2.49. The summed E-state index contributed by atoms with van der Waals surface area (Å²) < 4.78 is 0. The van der Waals surface area contributed by atoms with E-state index in [1.54, 1.807) is 0 Å². The van der Waals surface area contributed by atoms with Gasteiger partial charge < -0.3 is 5.11 Å². The van der Waals surface area contributed by atoms with Crippen LogP contribution in [0.2, 0.25) is 0 Å². The summed E-state index contributed by atoms with van der Waals surface area (Å²) in [4.78, 5) is 24.3. The summed E-state index contributed by atoms with van der Waals surface area (Å²) in [6.45, 7) is 9.88. The molecule has 1 aromatic carbocycles. The van der Waals surface area contributed by atoms with Gasteiger partial charge in [0.2, 0.25) is 0 Å². The smallest absolute Gasteiger partial charge is 0.307 e. The standard InChI is InChI=1S/C18H24O3/c1-10-6-7-13(11(2)8-10)16(19)14-9-15(17(20)21)18(4,5)12(14)3/h6-8,12,14-15H,9H2,1-5H3,(H,20,21)/t12-,14-,15-/m1/s1. The molecular weight excluding hydrogens is 264 g/mol. The number of benzene rings is 1. The Morgan fingerprint density at radius 3 is 2.33 bits per heavy atom. The van der Waals surface area contributed by atoms with Crippen molar-refractivity contribution in [3.63, 3.8) is 0 Å². The lowest BCUT2D eigenvalue weighted by Crippen LogP contribution is -2.30. The fraction of sp³-hybridized carbons (Fsp3) is 0.556. The van der Waals surface area contributed by atoms with Crippen LogP contribution in [0.15, 0.2) is 18.2 Å². The molecule has 1 N–H and O–H groups in total. The molecule has 0 radical (unpaired) electrons. The average molecular weight is 288 g/mol. The van der Waals surface area contributed by atoms with Crippen molar-refractivity contribution >= 4 is 11.8 Å². The molecule has 0 bridgehead atoms. The van der Waals surface area contributed by atoms with E-state index in [0.717, 1.165) is 16.7 Å². The minimum atomic E-state index is -0.789. The minimum absolute atomic E-state index is 0.0619. The van der Waals surface area contributed by atoms with E-state index < -0.39 is 11.9 Å². The lowest BCUT2D eigenvalue weighted by Gasteiger charge is -2.29. The van der Waals surface area contributed by atoms with Crippen LogP contribution in [0.3, 0.4) is 0 Å². The number of Topliss-reactive ketones (excluding diaryl/α,β-unsaturated/α-hetero) is 1. The number of hydrogen-bond acceptors (Lipinski definition) is 2. The maximum atomic E-state index is 12.9. The van der Waals surface area contributed by atoms with E-state index in [1.165, 1.54) is 0 Å². The second-order valence-corrected chi connectivity index (χ2v) is 7.03. The Labute approximate surface area is 126 Å². The molecule has 0 saturated heterocycles. The minimum Gasteiger partial charge on any atom is -0.481 e. The monoisotopic (exact) mass is 288 g/mol. The van der Waals surface area contributed by atoms with Gasteiger partial charge in [-0.3, -0.25) is 9.59 Å². The Kier molecular flexibility index (Phi) is 3.96. The van der Waals surface area contributed by atoms with Gasteiger partial charge in [-0.2, -0.15) is 0 Å². The second-order valence-electron chi connectivity index (χ2n) is 7.03. The number of aryl methyl sites for hydroxylation is 2. The van der Waals surface area contributed by atoms with Gasteiger partial charge in [-0.15, -0.1) is 0 Å². The molecular formula is C18H24O3. The predicted octanol–water partition coefficient (Wildman–Crippen LogP) is 3.87. The number of carbonyl (C=O) groups excluding carboxylic acids is 1. The van der Waals surface area contributed by atoms with Crippen molar-refractivity contribution in [3.05, 3.63) is 34.9 Å². The highest BCUT2D eigenvalue weighted by atomic mass is 16.4. The zero-order chi connectivity index (χ0) is 15.9. The fourth-order valence-corrected chi connectivity index (χ4v) is 3.64. The molecule has 0 aliphatic heterocycles. The van der Waals surface area contributed by atoms with E-state index in [4.69, 9.17) is 0 Å². The Morgan fingerprint density at radius 1 is 1.24 bits per heavy atom. The normalized spacial score (nSPS) is 27.6. The van der Waals surface area contributed by atoms with E-state index in [9.17, 15) is 14.7 Å². The van der Waals surface area contributed by atoms with Crippen molar-refractivity contribution in [2.75, 3.05) is 0 Å². The number of carbonyl (C=O) groups is 2. The molecule has 114 valence electrons. The summed E-state index contributed by atoms with van der Waals surface area (Å²) in [5.74, 6) is -1.29. The number of carboxylic acid groups (broad SMARTS) is 1. The summed E-state index contributed by atoms with van der Waals surface area (Å²) >= 11 is 0. The molecule has 0 amide bonds. The molecule has 21 heavy (non-hydrogen) atoms. The van der Waals surface area contributed by atoms with Gasteiger partial charge in [-0.05, 0) is 37.2 Å². The molecule has 1 aliphatic rings. The number of ketones is 1. The van der Waals surface area contributed by atoms with Crippen LogP contribution in [0, 0.1) is 37.0 Å². The molecule has 1 saturated carbocycles. The van der Waals surface area contributed by atoms with Gasteiger partial charge in [0.25, 0.3) is 0 Å². The van der Waals surface area contributed by atoms with Crippen LogP contribution in [-0.2, 0) is 4.79 Å². The third kappa shape index (κ3) is 2.61. The van der Waals surface area contributed by atoms with Gasteiger partial charge in [0.1, 0.15) is 0 Å².